The minimum atomic E-state index is -3.65. The first-order valence-electron chi connectivity index (χ1n) is 11.4. The number of piperidine rings is 1. The Morgan fingerprint density at radius 2 is 1.53 bits per heavy atom. The van der Waals surface area contributed by atoms with Gasteiger partial charge in [-0.1, -0.05) is 29.8 Å². The van der Waals surface area contributed by atoms with Crippen LogP contribution in [0.1, 0.15) is 64.8 Å². The van der Waals surface area contributed by atoms with E-state index >= 15 is 0 Å². The molecule has 0 radical (unpaired) electrons. The summed E-state index contributed by atoms with van der Waals surface area (Å²) in [5, 5.41) is 3.13. The van der Waals surface area contributed by atoms with Gasteiger partial charge in [-0.2, -0.15) is 4.31 Å². The molecule has 0 aromatic heterocycles. The van der Waals surface area contributed by atoms with E-state index in [0.717, 1.165) is 27.8 Å². The quantitative estimate of drug-likeness (QED) is 0.702. The van der Waals surface area contributed by atoms with Gasteiger partial charge < -0.3 is 5.32 Å². The zero-order chi connectivity index (χ0) is 23.8. The Bertz CT molecular complexity index is 1110. The van der Waals surface area contributed by atoms with Crippen LogP contribution in [0.15, 0.2) is 29.2 Å². The first-order valence-corrected chi connectivity index (χ1v) is 12.8. The summed E-state index contributed by atoms with van der Waals surface area (Å²) < 4.78 is 28.4. The highest BCUT2D eigenvalue weighted by atomic mass is 32.2. The standard InChI is InChI=1S/C26H36N2O3S/c1-16-11-20(5)25(21(6)12-16)32(30,31)28-10-8-9-23(15-28)26(29)27-22(7)24-14-18(3)17(2)13-19(24)4/h11-14,22-23H,8-10,15H2,1-7H3,(H,27,29)/t22-,23-/m1/s1. The van der Waals surface area contributed by atoms with Crippen LogP contribution in [0.5, 0.6) is 0 Å². The maximum atomic E-state index is 13.5. The highest BCUT2D eigenvalue weighted by Crippen LogP contribution is 2.29. The van der Waals surface area contributed by atoms with E-state index in [0.29, 0.717) is 24.3 Å². The number of nitrogens with one attached hydrogen (secondary N) is 1. The molecule has 2 atom stereocenters. The molecule has 1 aliphatic rings. The van der Waals surface area contributed by atoms with E-state index < -0.39 is 10.0 Å². The van der Waals surface area contributed by atoms with E-state index in [1.807, 2.05) is 39.8 Å². The third-order valence-corrected chi connectivity index (χ3v) is 8.84. The number of carbonyl (C=O) groups is 1. The van der Waals surface area contributed by atoms with Crippen LogP contribution in [0.2, 0.25) is 0 Å². The topological polar surface area (TPSA) is 66.5 Å². The molecule has 2 aromatic rings. The van der Waals surface area contributed by atoms with E-state index in [1.54, 1.807) is 0 Å². The van der Waals surface area contributed by atoms with Gasteiger partial charge in [-0.25, -0.2) is 8.42 Å². The Balaban J connectivity index is 1.77. The Labute approximate surface area is 193 Å². The molecule has 3 rings (SSSR count). The van der Waals surface area contributed by atoms with Crippen molar-refractivity contribution in [1.29, 1.82) is 0 Å². The molecule has 0 saturated carbocycles. The fourth-order valence-corrected chi connectivity index (χ4v) is 6.87. The number of benzene rings is 2. The molecule has 1 aliphatic heterocycles. The summed E-state index contributed by atoms with van der Waals surface area (Å²) in [6.07, 6.45) is 1.38. The second kappa shape index (κ2) is 9.36. The molecule has 5 nitrogen and oxygen atoms in total. The number of rotatable bonds is 5. The van der Waals surface area contributed by atoms with Crippen molar-refractivity contribution in [3.8, 4) is 0 Å². The molecule has 0 spiro atoms. The number of amides is 1. The van der Waals surface area contributed by atoms with Gasteiger partial charge in [-0.3, -0.25) is 4.79 Å². The van der Waals surface area contributed by atoms with Gasteiger partial charge in [0.2, 0.25) is 15.9 Å². The molecule has 0 unspecified atom stereocenters. The van der Waals surface area contributed by atoms with Crippen molar-refractivity contribution >= 4 is 15.9 Å². The van der Waals surface area contributed by atoms with Crippen LogP contribution in [0.3, 0.4) is 0 Å². The normalized spacial score (nSPS) is 18.4. The number of hydrogen-bond donors (Lipinski definition) is 1. The predicted octanol–water partition coefficient (Wildman–Crippen LogP) is 4.82. The fraction of sp³-hybridized carbons (Fsp3) is 0.500. The Hall–Kier alpha value is -2.18. The number of sulfonamides is 1. The van der Waals surface area contributed by atoms with Crippen LogP contribution in [-0.2, 0) is 14.8 Å². The molecule has 1 heterocycles. The lowest BCUT2D eigenvalue weighted by Crippen LogP contribution is -2.46. The zero-order valence-corrected chi connectivity index (χ0v) is 21.2. The molecule has 174 valence electrons. The van der Waals surface area contributed by atoms with Crippen LogP contribution >= 0.6 is 0 Å². The minimum Gasteiger partial charge on any atom is -0.349 e. The van der Waals surface area contributed by atoms with Gasteiger partial charge in [-0.15, -0.1) is 0 Å². The second-order valence-corrected chi connectivity index (χ2v) is 11.3. The maximum absolute atomic E-state index is 13.5. The number of carbonyl (C=O) groups excluding carboxylic acids is 1. The molecular formula is C26H36N2O3S. The lowest BCUT2D eigenvalue weighted by Gasteiger charge is -2.33. The van der Waals surface area contributed by atoms with Gasteiger partial charge in [0.15, 0.2) is 0 Å². The zero-order valence-electron chi connectivity index (χ0n) is 20.4. The average Bonchev–Trinajstić information content (AvgIpc) is 2.69. The highest BCUT2D eigenvalue weighted by molar-refractivity contribution is 7.89. The Kier molecular flexibility index (Phi) is 7.15. The second-order valence-electron chi connectivity index (χ2n) is 9.45. The predicted molar refractivity (Wildman–Crippen MR) is 129 cm³/mol. The van der Waals surface area contributed by atoms with E-state index in [4.69, 9.17) is 0 Å². The monoisotopic (exact) mass is 456 g/mol. The summed E-state index contributed by atoms with van der Waals surface area (Å²) in [6.45, 7) is 14.5. The van der Waals surface area contributed by atoms with E-state index in [-0.39, 0.29) is 24.4 Å². The van der Waals surface area contributed by atoms with E-state index in [9.17, 15) is 13.2 Å². The van der Waals surface area contributed by atoms with Crippen molar-refractivity contribution in [2.24, 2.45) is 5.92 Å². The fourth-order valence-electron chi connectivity index (χ4n) is 4.94. The van der Waals surface area contributed by atoms with Crippen molar-refractivity contribution in [3.63, 3.8) is 0 Å². The number of aryl methyl sites for hydroxylation is 6. The molecule has 1 amide bonds. The van der Waals surface area contributed by atoms with Crippen LogP contribution in [0, 0.1) is 47.5 Å². The summed E-state index contributed by atoms with van der Waals surface area (Å²) in [4.78, 5) is 13.5. The summed E-state index contributed by atoms with van der Waals surface area (Å²) in [5.41, 5.74) is 7.25. The van der Waals surface area contributed by atoms with Gasteiger partial charge in [0.1, 0.15) is 0 Å². The van der Waals surface area contributed by atoms with Gasteiger partial charge >= 0.3 is 0 Å². The molecule has 2 aromatic carbocycles. The largest absolute Gasteiger partial charge is 0.349 e. The molecule has 32 heavy (non-hydrogen) atoms. The summed E-state index contributed by atoms with van der Waals surface area (Å²) in [6, 6.07) is 7.96. The van der Waals surface area contributed by atoms with Gasteiger partial charge in [-0.05, 0) is 94.7 Å². The van der Waals surface area contributed by atoms with Crippen LogP contribution in [-0.4, -0.2) is 31.7 Å². The molecule has 0 bridgehead atoms. The lowest BCUT2D eigenvalue weighted by molar-refractivity contribution is -0.126. The maximum Gasteiger partial charge on any atom is 0.243 e. The van der Waals surface area contributed by atoms with E-state index in [1.165, 1.54) is 15.4 Å². The Morgan fingerprint density at radius 3 is 2.16 bits per heavy atom. The van der Waals surface area contributed by atoms with Gasteiger partial charge in [0.25, 0.3) is 0 Å². The lowest BCUT2D eigenvalue weighted by atomic mass is 9.95. The van der Waals surface area contributed by atoms with Crippen LogP contribution in [0.4, 0.5) is 0 Å². The first-order chi connectivity index (χ1) is 14.9. The minimum absolute atomic E-state index is 0.0765. The number of hydrogen-bond acceptors (Lipinski definition) is 3. The third-order valence-electron chi connectivity index (χ3n) is 6.67. The molecule has 6 heteroatoms. The van der Waals surface area contributed by atoms with Crippen LogP contribution in [0.25, 0.3) is 0 Å². The molecule has 1 saturated heterocycles. The smallest absolute Gasteiger partial charge is 0.243 e. The SMILES string of the molecule is Cc1cc(C)c(S(=O)(=O)N2CCC[C@@H](C(=O)N[C@H](C)c3cc(C)c(C)cc3C)C2)c(C)c1. The highest BCUT2D eigenvalue weighted by Gasteiger charge is 2.35. The summed E-state index contributed by atoms with van der Waals surface area (Å²) in [7, 11) is -3.65. The summed E-state index contributed by atoms with van der Waals surface area (Å²) in [5.74, 6) is -0.425. The van der Waals surface area contributed by atoms with Crippen LogP contribution < -0.4 is 5.32 Å². The summed E-state index contributed by atoms with van der Waals surface area (Å²) >= 11 is 0. The molecular weight excluding hydrogens is 420 g/mol. The Morgan fingerprint density at radius 1 is 0.938 bits per heavy atom. The third kappa shape index (κ3) is 4.91. The van der Waals surface area contributed by atoms with Crippen molar-refractivity contribution in [2.45, 2.75) is 72.2 Å². The number of nitrogens with zero attached hydrogens (tertiary/aromatic N) is 1. The van der Waals surface area contributed by atoms with Gasteiger partial charge in [0, 0.05) is 13.1 Å². The first kappa shape index (κ1) is 24.5. The van der Waals surface area contributed by atoms with Crippen molar-refractivity contribution in [1.82, 2.24) is 9.62 Å². The molecule has 1 N–H and O–H groups in total. The molecule has 0 aliphatic carbocycles. The van der Waals surface area contributed by atoms with E-state index in [2.05, 4.69) is 38.2 Å². The van der Waals surface area contributed by atoms with Crippen molar-refractivity contribution in [2.75, 3.05) is 13.1 Å². The van der Waals surface area contributed by atoms with Gasteiger partial charge in [0.05, 0.1) is 16.9 Å². The van der Waals surface area contributed by atoms with Crippen molar-refractivity contribution in [3.05, 3.63) is 63.2 Å². The van der Waals surface area contributed by atoms with Crippen molar-refractivity contribution < 1.29 is 13.2 Å². The average molecular weight is 457 g/mol. The molecule has 1 fully saturated rings.